The molecule has 0 saturated carbocycles. The van der Waals surface area contributed by atoms with Gasteiger partial charge in [0.05, 0.1) is 20.8 Å². The van der Waals surface area contributed by atoms with E-state index in [1.54, 1.807) is 18.2 Å². The standard InChI is InChI=1S/C24H22N2O4/c1-4-30-23-21(28-2)13-16(14-22(23)29-3)12-18(15-25)24(27)26-20-11-7-9-17-8-5-6-10-19(17)20/h5-14H,4H2,1-3H3,(H,26,27). The molecule has 152 valence electrons. The second-order valence-electron chi connectivity index (χ2n) is 6.34. The summed E-state index contributed by atoms with van der Waals surface area (Å²) in [7, 11) is 3.03. The number of rotatable bonds is 7. The highest BCUT2D eigenvalue weighted by molar-refractivity contribution is 6.13. The van der Waals surface area contributed by atoms with E-state index in [2.05, 4.69) is 5.32 Å². The fraction of sp³-hybridized carbons (Fsp3) is 0.167. The first-order chi connectivity index (χ1) is 14.6. The van der Waals surface area contributed by atoms with E-state index in [9.17, 15) is 10.1 Å². The van der Waals surface area contributed by atoms with Crippen LogP contribution in [-0.2, 0) is 4.79 Å². The number of anilines is 1. The van der Waals surface area contributed by atoms with Crippen molar-refractivity contribution >= 4 is 28.4 Å². The number of nitrogens with zero attached hydrogens (tertiary/aromatic N) is 1. The maximum Gasteiger partial charge on any atom is 0.266 e. The molecule has 0 bridgehead atoms. The number of nitrogens with one attached hydrogen (secondary N) is 1. The minimum atomic E-state index is -0.499. The molecule has 0 aliphatic heterocycles. The van der Waals surface area contributed by atoms with Crippen molar-refractivity contribution in [3.05, 3.63) is 65.7 Å². The summed E-state index contributed by atoms with van der Waals surface area (Å²) in [5, 5.41) is 14.3. The molecule has 0 aliphatic carbocycles. The summed E-state index contributed by atoms with van der Waals surface area (Å²) in [6, 6.07) is 18.7. The molecule has 3 rings (SSSR count). The lowest BCUT2D eigenvalue weighted by Gasteiger charge is -2.14. The zero-order valence-corrected chi connectivity index (χ0v) is 17.1. The monoisotopic (exact) mass is 402 g/mol. The molecular formula is C24H22N2O4. The van der Waals surface area contributed by atoms with Crippen LogP contribution in [-0.4, -0.2) is 26.7 Å². The van der Waals surface area contributed by atoms with Crippen LogP contribution < -0.4 is 19.5 Å². The number of nitriles is 1. The number of hydrogen-bond acceptors (Lipinski definition) is 5. The first-order valence-corrected chi connectivity index (χ1v) is 9.41. The van der Waals surface area contributed by atoms with Gasteiger partial charge in [-0.2, -0.15) is 5.26 Å². The van der Waals surface area contributed by atoms with Crippen molar-refractivity contribution in [3.8, 4) is 23.3 Å². The van der Waals surface area contributed by atoms with Gasteiger partial charge in [-0.15, -0.1) is 0 Å². The Morgan fingerprint density at radius 3 is 2.37 bits per heavy atom. The summed E-state index contributed by atoms with van der Waals surface area (Å²) in [6.45, 7) is 2.30. The topological polar surface area (TPSA) is 80.6 Å². The molecule has 0 spiro atoms. The smallest absolute Gasteiger partial charge is 0.266 e. The molecule has 0 atom stereocenters. The number of methoxy groups -OCH3 is 2. The zero-order valence-electron chi connectivity index (χ0n) is 17.1. The second kappa shape index (κ2) is 9.48. The maximum atomic E-state index is 12.8. The highest BCUT2D eigenvalue weighted by Gasteiger charge is 2.16. The van der Waals surface area contributed by atoms with E-state index >= 15 is 0 Å². The van der Waals surface area contributed by atoms with E-state index in [0.29, 0.717) is 35.1 Å². The van der Waals surface area contributed by atoms with Gasteiger partial charge < -0.3 is 19.5 Å². The van der Waals surface area contributed by atoms with Crippen LogP contribution in [0.3, 0.4) is 0 Å². The van der Waals surface area contributed by atoms with E-state index in [4.69, 9.17) is 14.2 Å². The van der Waals surface area contributed by atoms with Crippen LogP contribution in [0.1, 0.15) is 12.5 Å². The Balaban J connectivity index is 1.95. The molecule has 1 N–H and O–H groups in total. The van der Waals surface area contributed by atoms with Crippen LogP contribution in [0.2, 0.25) is 0 Å². The van der Waals surface area contributed by atoms with Crippen molar-refractivity contribution < 1.29 is 19.0 Å². The number of ether oxygens (including phenoxy) is 3. The van der Waals surface area contributed by atoms with Gasteiger partial charge in [-0.25, -0.2) is 0 Å². The first-order valence-electron chi connectivity index (χ1n) is 9.41. The number of carbonyl (C=O) groups excluding carboxylic acids is 1. The van der Waals surface area contributed by atoms with Gasteiger partial charge in [-0.3, -0.25) is 4.79 Å². The molecule has 30 heavy (non-hydrogen) atoms. The second-order valence-corrected chi connectivity index (χ2v) is 6.34. The number of benzene rings is 3. The van der Waals surface area contributed by atoms with E-state index in [0.717, 1.165) is 10.8 Å². The highest BCUT2D eigenvalue weighted by atomic mass is 16.5. The van der Waals surface area contributed by atoms with E-state index < -0.39 is 5.91 Å². The number of carbonyl (C=O) groups is 1. The van der Waals surface area contributed by atoms with Crippen molar-refractivity contribution in [2.24, 2.45) is 0 Å². The first kappa shape index (κ1) is 20.7. The molecule has 0 aromatic heterocycles. The lowest BCUT2D eigenvalue weighted by atomic mass is 10.1. The molecule has 1 amide bonds. The lowest BCUT2D eigenvalue weighted by Crippen LogP contribution is -2.13. The summed E-state index contributed by atoms with van der Waals surface area (Å²) in [4.78, 5) is 12.8. The van der Waals surface area contributed by atoms with E-state index in [-0.39, 0.29) is 5.57 Å². The van der Waals surface area contributed by atoms with Crippen LogP contribution in [0.15, 0.2) is 60.2 Å². The summed E-state index contributed by atoms with van der Waals surface area (Å²) in [5.74, 6) is 0.877. The van der Waals surface area contributed by atoms with Crippen LogP contribution >= 0.6 is 0 Å². The summed E-state index contributed by atoms with van der Waals surface area (Å²) in [6.07, 6.45) is 1.49. The van der Waals surface area contributed by atoms with Crippen molar-refractivity contribution in [2.75, 3.05) is 26.1 Å². The van der Waals surface area contributed by atoms with Crippen molar-refractivity contribution in [1.29, 1.82) is 5.26 Å². The predicted molar refractivity (Wildman–Crippen MR) is 117 cm³/mol. The third-order valence-corrected chi connectivity index (χ3v) is 4.49. The van der Waals surface area contributed by atoms with Crippen molar-refractivity contribution in [3.63, 3.8) is 0 Å². The fourth-order valence-electron chi connectivity index (χ4n) is 3.11. The Kier molecular flexibility index (Phi) is 6.56. The minimum Gasteiger partial charge on any atom is -0.493 e. The fourth-order valence-corrected chi connectivity index (χ4v) is 3.11. The number of amides is 1. The summed E-state index contributed by atoms with van der Waals surface area (Å²) in [5.41, 5.74) is 1.18. The largest absolute Gasteiger partial charge is 0.493 e. The van der Waals surface area contributed by atoms with Gasteiger partial charge in [0.15, 0.2) is 11.5 Å². The Morgan fingerprint density at radius 2 is 1.73 bits per heavy atom. The Labute approximate surface area is 175 Å². The average molecular weight is 402 g/mol. The molecule has 0 unspecified atom stereocenters. The molecule has 6 heteroatoms. The molecule has 0 radical (unpaired) electrons. The molecule has 3 aromatic carbocycles. The molecule has 6 nitrogen and oxygen atoms in total. The number of hydrogen-bond donors (Lipinski definition) is 1. The van der Waals surface area contributed by atoms with Gasteiger partial charge in [0, 0.05) is 11.1 Å². The maximum absolute atomic E-state index is 12.8. The molecule has 3 aromatic rings. The van der Waals surface area contributed by atoms with Gasteiger partial charge in [0.25, 0.3) is 5.91 Å². The van der Waals surface area contributed by atoms with Crippen LogP contribution in [0.4, 0.5) is 5.69 Å². The van der Waals surface area contributed by atoms with Gasteiger partial charge in [0.1, 0.15) is 11.6 Å². The number of fused-ring (bicyclic) bond motifs is 1. The van der Waals surface area contributed by atoms with Crippen LogP contribution in [0.25, 0.3) is 16.8 Å². The van der Waals surface area contributed by atoms with Gasteiger partial charge in [-0.05, 0) is 42.1 Å². The molecule has 0 heterocycles. The quantitative estimate of drug-likeness (QED) is 0.453. The molecule has 0 saturated heterocycles. The highest BCUT2D eigenvalue weighted by Crippen LogP contribution is 2.39. The predicted octanol–water partition coefficient (Wildman–Crippen LogP) is 4.80. The summed E-state index contributed by atoms with van der Waals surface area (Å²) < 4.78 is 16.4. The lowest BCUT2D eigenvalue weighted by molar-refractivity contribution is -0.112. The van der Waals surface area contributed by atoms with Crippen LogP contribution in [0, 0.1) is 11.3 Å². The molecule has 0 aliphatic rings. The van der Waals surface area contributed by atoms with Gasteiger partial charge >= 0.3 is 0 Å². The Bertz CT molecular complexity index is 1120. The SMILES string of the molecule is CCOc1c(OC)cc(C=C(C#N)C(=O)Nc2cccc3ccccc23)cc1OC. The average Bonchev–Trinajstić information content (AvgIpc) is 2.78. The van der Waals surface area contributed by atoms with Crippen molar-refractivity contribution in [1.82, 2.24) is 0 Å². The Hall–Kier alpha value is -3.98. The third-order valence-electron chi connectivity index (χ3n) is 4.49. The van der Waals surface area contributed by atoms with Gasteiger partial charge in [0.2, 0.25) is 5.75 Å². The molecule has 0 fully saturated rings. The normalized spacial score (nSPS) is 10.9. The van der Waals surface area contributed by atoms with E-state index in [1.807, 2.05) is 49.4 Å². The van der Waals surface area contributed by atoms with E-state index in [1.165, 1.54) is 20.3 Å². The zero-order chi connectivity index (χ0) is 21.5. The van der Waals surface area contributed by atoms with Crippen molar-refractivity contribution in [2.45, 2.75) is 6.92 Å². The Morgan fingerprint density at radius 1 is 1.07 bits per heavy atom. The minimum absolute atomic E-state index is 0.0452. The third kappa shape index (κ3) is 4.36. The summed E-state index contributed by atoms with van der Waals surface area (Å²) >= 11 is 0. The van der Waals surface area contributed by atoms with Gasteiger partial charge in [-0.1, -0.05) is 36.4 Å². The molecular weight excluding hydrogens is 380 g/mol. The van der Waals surface area contributed by atoms with Crippen LogP contribution in [0.5, 0.6) is 17.2 Å².